The van der Waals surface area contributed by atoms with Crippen LogP contribution in [0.5, 0.6) is 0 Å². The van der Waals surface area contributed by atoms with Crippen molar-refractivity contribution in [2.45, 2.75) is 18.4 Å². The van der Waals surface area contributed by atoms with E-state index in [2.05, 4.69) is 31.3 Å². The molecule has 0 unspecified atom stereocenters. The monoisotopic (exact) mass is 340 g/mol. The number of anilines is 1. The highest BCUT2D eigenvalue weighted by Gasteiger charge is 2.52. The van der Waals surface area contributed by atoms with Crippen molar-refractivity contribution >= 4 is 39.3 Å². The standard InChI is InChI=1S/C12H10BrClN4O/c13-8-6-16-18(7-8)12(3-4-12)11(19)17-10-9(14)2-1-5-15-10/h1-2,5-7H,3-4H2,(H,15,17,19). The Kier molecular flexibility index (Phi) is 3.06. The van der Waals surface area contributed by atoms with Gasteiger partial charge in [0.15, 0.2) is 5.82 Å². The largest absolute Gasteiger partial charge is 0.307 e. The Morgan fingerprint density at radius 3 is 2.89 bits per heavy atom. The topological polar surface area (TPSA) is 59.8 Å². The van der Waals surface area contributed by atoms with Gasteiger partial charge in [-0.2, -0.15) is 5.10 Å². The molecule has 0 radical (unpaired) electrons. The molecule has 0 atom stereocenters. The van der Waals surface area contributed by atoms with Crippen LogP contribution in [0.2, 0.25) is 5.02 Å². The predicted molar refractivity (Wildman–Crippen MR) is 75.0 cm³/mol. The molecule has 1 amide bonds. The van der Waals surface area contributed by atoms with Crippen LogP contribution in [0.15, 0.2) is 35.2 Å². The molecule has 1 aliphatic rings. The van der Waals surface area contributed by atoms with Gasteiger partial charge in [-0.15, -0.1) is 0 Å². The number of hydrogen-bond acceptors (Lipinski definition) is 3. The smallest absolute Gasteiger partial charge is 0.253 e. The fourth-order valence-corrected chi connectivity index (χ4v) is 2.37. The molecule has 0 saturated heterocycles. The summed E-state index contributed by atoms with van der Waals surface area (Å²) in [7, 11) is 0. The van der Waals surface area contributed by atoms with Crippen LogP contribution in [0, 0.1) is 0 Å². The first-order chi connectivity index (χ1) is 9.12. The van der Waals surface area contributed by atoms with Crippen molar-refractivity contribution in [3.8, 4) is 0 Å². The van der Waals surface area contributed by atoms with Crippen molar-refractivity contribution < 1.29 is 4.79 Å². The Labute approximate surface area is 123 Å². The summed E-state index contributed by atoms with van der Waals surface area (Å²) in [6, 6.07) is 3.41. The maximum atomic E-state index is 12.4. The van der Waals surface area contributed by atoms with Crippen molar-refractivity contribution in [1.29, 1.82) is 0 Å². The van der Waals surface area contributed by atoms with Crippen LogP contribution in [-0.2, 0) is 10.3 Å². The van der Waals surface area contributed by atoms with E-state index in [9.17, 15) is 4.79 Å². The van der Waals surface area contributed by atoms with Gasteiger partial charge in [-0.05, 0) is 40.9 Å². The number of amides is 1. The van der Waals surface area contributed by atoms with Gasteiger partial charge in [0.05, 0.1) is 15.7 Å². The maximum Gasteiger partial charge on any atom is 0.253 e. The average molecular weight is 342 g/mol. The van der Waals surface area contributed by atoms with Crippen LogP contribution < -0.4 is 5.32 Å². The van der Waals surface area contributed by atoms with Crippen LogP contribution in [0.1, 0.15) is 12.8 Å². The van der Waals surface area contributed by atoms with Gasteiger partial charge in [0.1, 0.15) is 5.54 Å². The number of nitrogens with one attached hydrogen (secondary N) is 1. The number of pyridine rings is 1. The van der Waals surface area contributed by atoms with Gasteiger partial charge in [-0.3, -0.25) is 9.48 Å². The van der Waals surface area contributed by atoms with Gasteiger partial charge in [0.25, 0.3) is 5.91 Å². The number of carbonyl (C=O) groups excluding carboxylic acids is 1. The molecular weight excluding hydrogens is 332 g/mol. The minimum atomic E-state index is -0.604. The Morgan fingerprint density at radius 2 is 2.32 bits per heavy atom. The van der Waals surface area contributed by atoms with Gasteiger partial charge >= 0.3 is 0 Å². The van der Waals surface area contributed by atoms with E-state index in [1.807, 2.05) is 0 Å². The Bertz CT molecular complexity index is 638. The molecule has 1 aliphatic carbocycles. The normalized spacial score (nSPS) is 16.1. The van der Waals surface area contributed by atoms with E-state index >= 15 is 0 Å². The molecule has 2 heterocycles. The SMILES string of the molecule is O=C(Nc1ncccc1Cl)C1(n2cc(Br)cn2)CC1. The molecule has 0 spiro atoms. The highest BCUT2D eigenvalue weighted by Crippen LogP contribution is 2.44. The Morgan fingerprint density at radius 1 is 1.53 bits per heavy atom. The molecule has 2 aromatic rings. The minimum Gasteiger partial charge on any atom is -0.307 e. The van der Waals surface area contributed by atoms with Gasteiger partial charge in [-0.25, -0.2) is 4.98 Å². The third kappa shape index (κ3) is 2.26. The van der Waals surface area contributed by atoms with Crippen molar-refractivity contribution in [3.05, 3.63) is 40.2 Å². The average Bonchev–Trinajstić information content (AvgIpc) is 3.09. The van der Waals surface area contributed by atoms with Crippen LogP contribution in [0.3, 0.4) is 0 Å². The molecule has 98 valence electrons. The first-order valence-corrected chi connectivity index (χ1v) is 6.91. The highest BCUT2D eigenvalue weighted by molar-refractivity contribution is 9.10. The molecular formula is C12H10BrClN4O. The lowest BCUT2D eigenvalue weighted by Crippen LogP contribution is -2.34. The van der Waals surface area contributed by atoms with Gasteiger partial charge < -0.3 is 5.32 Å². The minimum absolute atomic E-state index is 0.135. The summed E-state index contributed by atoms with van der Waals surface area (Å²) in [5.74, 6) is 0.246. The summed E-state index contributed by atoms with van der Waals surface area (Å²) < 4.78 is 2.53. The number of aromatic nitrogens is 3. The summed E-state index contributed by atoms with van der Waals surface area (Å²) in [5, 5.41) is 7.38. The Hall–Kier alpha value is -1.40. The van der Waals surface area contributed by atoms with Crippen LogP contribution in [-0.4, -0.2) is 20.7 Å². The molecule has 0 aliphatic heterocycles. The fraction of sp³-hybridized carbons (Fsp3) is 0.250. The zero-order chi connectivity index (χ0) is 13.5. The third-order valence-corrected chi connectivity index (χ3v) is 3.84. The van der Waals surface area contributed by atoms with E-state index in [0.29, 0.717) is 10.8 Å². The molecule has 1 N–H and O–H groups in total. The molecule has 7 heteroatoms. The molecule has 19 heavy (non-hydrogen) atoms. The van der Waals surface area contributed by atoms with Gasteiger partial charge in [0.2, 0.25) is 0 Å². The van der Waals surface area contributed by atoms with E-state index in [1.165, 1.54) is 0 Å². The zero-order valence-corrected chi connectivity index (χ0v) is 12.1. The second-order valence-electron chi connectivity index (χ2n) is 4.42. The summed E-state index contributed by atoms with van der Waals surface area (Å²) in [6.45, 7) is 0. The summed E-state index contributed by atoms with van der Waals surface area (Å²) in [4.78, 5) is 16.4. The number of rotatable bonds is 3. The van der Waals surface area contributed by atoms with Gasteiger partial charge in [0, 0.05) is 12.4 Å². The molecule has 0 bridgehead atoms. The van der Waals surface area contributed by atoms with E-state index < -0.39 is 5.54 Å². The summed E-state index contributed by atoms with van der Waals surface area (Å²) >= 11 is 9.31. The fourth-order valence-electron chi connectivity index (χ4n) is 1.92. The van der Waals surface area contributed by atoms with Crippen molar-refractivity contribution in [2.24, 2.45) is 0 Å². The van der Waals surface area contributed by atoms with Crippen LogP contribution >= 0.6 is 27.5 Å². The number of hydrogen-bond donors (Lipinski definition) is 1. The highest BCUT2D eigenvalue weighted by atomic mass is 79.9. The second-order valence-corrected chi connectivity index (χ2v) is 5.75. The van der Waals surface area contributed by atoms with E-state index in [0.717, 1.165) is 17.3 Å². The first-order valence-electron chi connectivity index (χ1n) is 5.74. The number of carbonyl (C=O) groups is 1. The van der Waals surface area contributed by atoms with E-state index in [1.54, 1.807) is 35.4 Å². The Balaban J connectivity index is 1.83. The summed E-state index contributed by atoms with van der Waals surface area (Å²) in [6.07, 6.45) is 6.58. The van der Waals surface area contributed by atoms with Crippen molar-refractivity contribution in [2.75, 3.05) is 5.32 Å². The molecule has 1 saturated carbocycles. The van der Waals surface area contributed by atoms with Crippen LogP contribution in [0.4, 0.5) is 5.82 Å². The van der Waals surface area contributed by atoms with Crippen molar-refractivity contribution in [3.63, 3.8) is 0 Å². The quantitative estimate of drug-likeness (QED) is 0.934. The lowest BCUT2D eigenvalue weighted by atomic mass is 10.2. The lowest BCUT2D eigenvalue weighted by molar-refractivity contribution is -0.120. The third-order valence-electron chi connectivity index (χ3n) is 3.13. The van der Waals surface area contributed by atoms with E-state index in [-0.39, 0.29) is 5.91 Å². The lowest BCUT2D eigenvalue weighted by Gasteiger charge is -2.15. The van der Waals surface area contributed by atoms with Crippen LogP contribution in [0.25, 0.3) is 0 Å². The summed E-state index contributed by atoms with van der Waals surface area (Å²) in [5.41, 5.74) is -0.604. The number of nitrogens with zero attached hydrogens (tertiary/aromatic N) is 3. The predicted octanol–water partition coefficient (Wildman–Crippen LogP) is 2.82. The molecule has 2 aromatic heterocycles. The molecule has 5 nitrogen and oxygen atoms in total. The van der Waals surface area contributed by atoms with E-state index in [4.69, 9.17) is 11.6 Å². The molecule has 0 aromatic carbocycles. The molecule has 3 rings (SSSR count). The van der Waals surface area contributed by atoms with Crippen molar-refractivity contribution in [1.82, 2.24) is 14.8 Å². The molecule has 1 fully saturated rings. The van der Waals surface area contributed by atoms with Gasteiger partial charge in [-0.1, -0.05) is 11.6 Å². The zero-order valence-electron chi connectivity index (χ0n) is 9.81. The maximum absolute atomic E-state index is 12.4. The first kappa shape index (κ1) is 12.6. The number of halogens is 2. The second kappa shape index (κ2) is 4.61.